The molecule has 33 heavy (non-hydrogen) atoms. The molecule has 0 saturated carbocycles. The van der Waals surface area contributed by atoms with Gasteiger partial charge in [0.1, 0.15) is 11.6 Å². The molecule has 0 aliphatic carbocycles. The largest absolute Gasteiger partial charge is 0.392 e. The van der Waals surface area contributed by atoms with Crippen molar-refractivity contribution in [3.8, 4) is 0 Å². The van der Waals surface area contributed by atoms with Gasteiger partial charge in [0.2, 0.25) is 11.6 Å². The molecule has 1 aromatic carbocycles. The van der Waals surface area contributed by atoms with Gasteiger partial charge in [-0.25, -0.2) is 19.6 Å². The Morgan fingerprint density at radius 1 is 1.21 bits per heavy atom. The van der Waals surface area contributed by atoms with Crippen LogP contribution in [0.5, 0.6) is 0 Å². The first-order chi connectivity index (χ1) is 15.9. The van der Waals surface area contributed by atoms with Crippen molar-refractivity contribution in [3.05, 3.63) is 73.8 Å². The average Bonchev–Trinajstić information content (AvgIpc) is 2.79. The first-order valence-electron chi connectivity index (χ1n) is 10.9. The van der Waals surface area contributed by atoms with E-state index in [4.69, 9.17) is 12.3 Å². The van der Waals surface area contributed by atoms with Gasteiger partial charge in [0, 0.05) is 31.0 Å². The number of nitrogens with zero attached hydrogens (tertiary/aromatic N) is 4. The Morgan fingerprint density at radius 2 is 2.03 bits per heavy atom. The van der Waals surface area contributed by atoms with Gasteiger partial charge < -0.3 is 16.4 Å². The van der Waals surface area contributed by atoms with Gasteiger partial charge in [-0.05, 0) is 55.9 Å². The van der Waals surface area contributed by atoms with E-state index in [-0.39, 0.29) is 17.1 Å². The lowest BCUT2D eigenvalue weighted by atomic mass is 10.1. The quantitative estimate of drug-likeness (QED) is 0.276. The number of unbranched alkanes of at least 4 members (excludes halogenated alkanes) is 2. The first kappa shape index (κ1) is 23.5. The van der Waals surface area contributed by atoms with Gasteiger partial charge in [0.15, 0.2) is 0 Å². The molecule has 0 atom stereocenters. The Kier molecular flexibility index (Phi) is 7.81. The van der Waals surface area contributed by atoms with E-state index in [1.54, 1.807) is 0 Å². The van der Waals surface area contributed by atoms with E-state index < -0.39 is 5.69 Å². The number of nitrogen functional groups attached to an aromatic ring is 1. The van der Waals surface area contributed by atoms with Gasteiger partial charge in [0.05, 0.1) is 6.57 Å². The highest BCUT2D eigenvalue weighted by Crippen LogP contribution is 2.19. The molecule has 2 heterocycles. The Hall–Kier alpha value is -4.13. The third kappa shape index (κ3) is 6.20. The van der Waals surface area contributed by atoms with Crippen molar-refractivity contribution in [2.75, 3.05) is 22.9 Å². The minimum atomic E-state index is -0.435. The van der Waals surface area contributed by atoms with Crippen molar-refractivity contribution in [2.24, 2.45) is 0 Å². The lowest BCUT2D eigenvalue weighted by molar-refractivity contribution is 0.559. The van der Waals surface area contributed by atoms with Gasteiger partial charge in [-0.2, -0.15) is 0 Å². The summed E-state index contributed by atoms with van der Waals surface area (Å²) >= 11 is 0. The molecule has 0 bridgehead atoms. The maximum absolute atomic E-state index is 12.5. The second-order valence-corrected chi connectivity index (χ2v) is 7.66. The second kappa shape index (κ2) is 10.9. The number of rotatable bonds is 10. The number of aromatic amines is 1. The van der Waals surface area contributed by atoms with E-state index in [2.05, 4.69) is 44.3 Å². The lowest BCUT2D eigenvalue weighted by Crippen LogP contribution is -2.35. The number of H-pyrrole nitrogens is 1. The van der Waals surface area contributed by atoms with Crippen LogP contribution in [0.25, 0.3) is 4.85 Å². The van der Waals surface area contributed by atoms with E-state index in [0.717, 1.165) is 24.9 Å². The summed E-state index contributed by atoms with van der Waals surface area (Å²) in [7, 11) is 0. The number of hydrogen-bond acceptors (Lipinski definition) is 7. The molecule has 2 aromatic heterocycles. The monoisotopic (exact) mass is 448 g/mol. The van der Waals surface area contributed by atoms with Crippen LogP contribution in [0.4, 0.5) is 29.0 Å². The maximum atomic E-state index is 12.5. The second-order valence-electron chi connectivity index (χ2n) is 7.66. The molecule has 3 rings (SSSR count). The van der Waals surface area contributed by atoms with E-state index in [0.29, 0.717) is 31.3 Å². The topological polar surface area (TPSA) is 135 Å². The molecule has 0 aliphatic heterocycles. The molecular formula is C23H28N8O2. The Balaban J connectivity index is 1.49. The number of benzene rings is 1. The van der Waals surface area contributed by atoms with Gasteiger partial charge in [-0.15, -0.1) is 0 Å². The first-order valence-corrected chi connectivity index (χ1v) is 10.9. The van der Waals surface area contributed by atoms with Crippen molar-refractivity contribution in [1.29, 1.82) is 0 Å². The van der Waals surface area contributed by atoms with Gasteiger partial charge in [0.25, 0.3) is 5.56 Å². The molecule has 0 fully saturated rings. The highest BCUT2D eigenvalue weighted by molar-refractivity contribution is 5.62. The summed E-state index contributed by atoms with van der Waals surface area (Å²) in [5.41, 5.74) is 8.36. The van der Waals surface area contributed by atoms with E-state index in [1.165, 1.54) is 28.0 Å². The van der Waals surface area contributed by atoms with Gasteiger partial charge in [-0.3, -0.25) is 14.3 Å². The normalized spacial score (nSPS) is 10.6. The minimum absolute atomic E-state index is 0.146. The summed E-state index contributed by atoms with van der Waals surface area (Å²) in [6.45, 7) is 12.0. The summed E-state index contributed by atoms with van der Waals surface area (Å²) in [6.07, 6.45) is 4.57. The van der Waals surface area contributed by atoms with E-state index in [1.807, 2.05) is 18.2 Å². The fourth-order valence-corrected chi connectivity index (χ4v) is 3.42. The molecule has 0 unspecified atom stereocenters. The fraction of sp³-hybridized carbons (Fsp3) is 0.348. The third-order valence-corrected chi connectivity index (χ3v) is 5.29. The molecule has 0 radical (unpaired) electrons. The van der Waals surface area contributed by atoms with Crippen LogP contribution in [0.2, 0.25) is 0 Å². The van der Waals surface area contributed by atoms with Crippen molar-refractivity contribution in [1.82, 2.24) is 19.5 Å². The molecule has 5 N–H and O–H groups in total. The number of aromatic nitrogens is 4. The predicted octanol–water partition coefficient (Wildman–Crippen LogP) is 3.36. The van der Waals surface area contributed by atoms with Crippen LogP contribution in [-0.4, -0.2) is 26.1 Å². The SMILES string of the molecule is [C-]#[N+]c1cnc(NCCCCCn2c(=O)cc(Nc3ccc(C)c(CC)c3)[nH]c2=O)nc1N. The molecule has 0 spiro atoms. The standard InChI is InChI=1S/C23H28N8O2/c1-4-16-12-17(9-8-15(16)2)28-19-13-20(32)31(23(33)29-19)11-7-5-6-10-26-22-27-14-18(25-3)21(24)30-22/h8-9,12-14,28H,4-7,10-11H2,1-2H3,(H,29,33)(H3,24,26,27,30). The number of hydrogen-bond donors (Lipinski definition) is 4. The van der Waals surface area contributed by atoms with Crippen LogP contribution in [0.15, 0.2) is 40.1 Å². The minimum Gasteiger partial charge on any atom is -0.392 e. The smallest absolute Gasteiger partial charge is 0.329 e. The van der Waals surface area contributed by atoms with Gasteiger partial charge in [-0.1, -0.05) is 13.0 Å². The molecule has 3 aromatic rings. The number of aryl methyl sites for hydroxylation is 2. The van der Waals surface area contributed by atoms with E-state index >= 15 is 0 Å². The van der Waals surface area contributed by atoms with Gasteiger partial charge >= 0.3 is 5.69 Å². The molecule has 0 saturated heterocycles. The summed E-state index contributed by atoms with van der Waals surface area (Å²) in [6, 6.07) is 7.36. The summed E-state index contributed by atoms with van der Waals surface area (Å²) in [4.78, 5) is 38.9. The Morgan fingerprint density at radius 3 is 2.73 bits per heavy atom. The van der Waals surface area contributed by atoms with Crippen molar-refractivity contribution in [3.63, 3.8) is 0 Å². The van der Waals surface area contributed by atoms with Crippen molar-refractivity contribution in [2.45, 2.75) is 46.1 Å². The number of nitrogens with two attached hydrogens (primary N) is 1. The molecule has 0 aliphatic rings. The highest BCUT2D eigenvalue weighted by atomic mass is 16.2. The maximum Gasteiger partial charge on any atom is 0.329 e. The summed E-state index contributed by atoms with van der Waals surface area (Å²) in [5.74, 6) is 0.891. The molecule has 172 valence electrons. The zero-order valence-corrected chi connectivity index (χ0v) is 18.8. The Bertz CT molecular complexity index is 1240. The Labute approximate surface area is 191 Å². The van der Waals surface area contributed by atoms with Crippen LogP contribution < -0.4 is 27.6 Å². The van der Waals surface area contributed by atoms with E-state index in [9.17, 15) is 9.59 Å². The van der Waals surface area contributed by atoms with Crippen LogP contribution >= 0.6 is 0 Å². The molecular weight excluding hydrogens is 420 g/mol. The number of anilines is 4. The molecule has 10 nitrogen and oxygen atoms in total. The van der Waals surface area contributed by atoms with Crippen LogP contribution in [0.1, 0.15) is 37.3 Å². The highest BCUT2D eigenvalue weighted by Gasteiger charge is 2.07. The van der Waals surface area contributed by atoms with Crippen LogP contribution in [-0.2, 0) is 13.0 Å². The average molecular weight is 449 g/mol. The zero-order valence-electron chi connectivity index (χ0n) is 18.8. The van der Waals surface area contributed by atoms with Crippen LogP contribution in [0, 0.1) is 13.5 Å². The van der Waals surface area contributed by atoms with Crippen molar-refractivity contribution >= 4 is 29.0 Å². The third-order valence-electron chi connectivity index (χ3n) is 5.29. The van der Waals surface area contributed by atoms with Crippen molar-refractivity contribution < 1.29 is 0 Å². The fourth-order valence-electron chi connectivity index (χ4n) is 3.42. The molecule has 0 amide bonds. The lowest BCUT2D eigenvalue weighted by Gasteiger charge is -2.11. The predicted molar refractivity (Wildman–Crippen MR) is 130 cm³/mol. The van der Waals surface area contributed by atoms with Crippen LogP contribution in [0.3, 0.4) is 0 Å². The molecule has 10 heteroatoms. The summed E-state index contributed by atoms with van der Waals surface area (Å²) in [5, 5.41) is 6.16. The summed E-state index contributed by atoms with van der Waals surface area (Å²) < 4.78 is 1.21. The number of nitrogens with one attached hydrogen (secondary N) is 3. The zero-order chi connectivity index (χ0) is 23.8.